The zero-order valence-corrected chi connectivity index (χ0v) is 18.3. The third-order valence-electron chi connectivity index (χ3n) is 4.99. The largest absolute Gasteiger partial charge is 0.420 e. The van der Waals surface area contributed by atoms with Crippen LogP contribution in [0.3, 0.4) is 0 Å². The average Bonchev–Trinajstić information content (AvgIpc) is 3.27. The number of para-hydroxylation sites is 1. The first kappa shape index (κ1) is 20.4. The number of ether oxygens (including phenoxy) is 1. The molecule has 2 aromatic carbocycles. The van der Waals surface area contributed by atoms with E-state index in [0.29, 0.717) is 29.1 Å². The van der Waals surface area contributed by atoms with E-state index in [4.69, 9.17) is 30.7 Å². The Hall–Kier alpha value is -2.52. The van der Waals surface area contributed by atoms with E-state index >= 15 is 0 Å². The zero-order chi connectivity index (χ0) is 21.0. The van der Waals surface area contributed by atoms with Crippen molar-refractivity contribution in [2.45, 2.75) is 17.3 Å². The molecule has 0 spiro atoms. The SMILES string of the molecule is Clc1ccccc1-c1nnc(CSc2nc(CN3CCOCC3)nc3ccccc23)o1. The summed E-state index contributed by atoms with van der Waals surface area (Å²) in [5.74, 6) is 2.26. The Morgan fingerprint density at radius 3 is 2.65 bits per heavy atom. The van der Waals surface area contributed by atoms with E-state index in [1.807, 2.05) is 42.5 Å². The summed E-state index contributed by atoms with van der Waals surface area (Å²) in [5, 5.41) is 10.8. The van der Waals surface area contributed by atoms with Crippen molar-refractivity contribution >= 4 is 34.3 Å². The van der Waals surface area contributed by atoms with Gasteiger partial charge in [-0.25, -0.2) is 9.97 Å². The molecule has 7 nitrogen and oxygen atoms in total. The monoisotopic (exact) mass is 453 g/mol. The molecular formula is C22H20ClN5O2S. The van der Waals surface area contributed by atoms with Crippen LogP contribution in [-0.2, 0) is 17.0 Å². The fraction of sp³-hybridized carbons (Fsp3) is 0.273. The molecule has 0 aliphatic carbocycles. The molecule has 2 aromatic heterocycles. The van der Waals surface area contributed by atoms with E-state index in [9.17, 15) is 0 Å². The molecule has 0 atom stereocenters. The van der Waals surface area contributed by atoms with Gasteiger partial charge in [0.05, 0.1) is 41.6 Å². The van der Waals surface area contributed by atoms with Crippen LogP contribution in [0.5, 0.6) is 0 Å². The molecule has 31 heavy (non-hydrogen) atoms. The van der Waals surface area contributed by atoms with Crippen molar-refractivity contribution in [3.8, 4) is 11.5 Å². The van der Waals surface area contributed by atoms with Crippen molar-refractivity contribution in [2.24, 2.45) is 0 Å². The van der Waals surface area contributed by atoms with Crippen LogP contribution in [0.1, 0.15) is 11.7 Å². The molecule has 1 fully saturated rings. The smallest absolute Gasteiger partial charge is 0.249 e. The maximum Gasteiger partial charge on any atom is 0.249 e. The van der Waals surface area contributed by atoms with E-state index < -0.39 is 0 Å². The van der Waals surface area contributed by atoms with E-state index in [2.05, 4.69) is 15.1 Å². The van der Waals surface area contributed by atoms with Gasteiger partial charge in [-0.1, -0.05) is 53.7 Å². The van der Waals surface area contributed by atoms with E-state index in [1.54, 1.807) is 17.8 Å². The number of fused-ring (bicyclic) bond motifs is 1. The first-order valence-corrected chi connectivity index (χ1v) is 11.4. The molecular weight excluding hydrogens is 434 g/mol. The van der Waals surface area contributed by atoms with Crippen molar-refractivity contribution in [1.29, 1.82) is 0 Å². The Balaban J connectivity index is 1.36. The normalized spacial score (nSPS) is 14.9. The Morgan fingerprint density at radius 2 is 1.77 bits per heavy atom. The number of nitrogens with zero attached hydrogens (tertiary/aromatic N) is 5. The van der Waals surface area contributed by atoms with Gasteiger partial charge in [-0.15, -0.1) is 10.2 Å². The summed E-state index contributed by atoms with van der Waals surface area (Å²) < 4.78 is 11.3. The minimum Gasteiger partial charge on any atom is -0.420 e. The van der Waals surface area contributed by atoms with Crippen LogP contribution in [0.15, 0.2) is 58.0 Å². The van der Waals surface area contributed by atoms with Gasteiger partial charge in [0.2, 0.25) is 11.8 Å². The molecule has 5 rings (SSSR count). The van der Waals surface area contributed by atoms with Crippen LogP contribution in [0, 0.1) is 0 Å². The maximum atomic E-state index is 6.24. The lowest BCUT2D eigenvalue weighted by molar-refractivity contribution is 0.0330. The lowest BCUT2D eigenvalue weighted by Gasteiger charge is -2.25. The summed E-state index contributed by atoms with van der Waals surface area (Å²) in [6.45, 7) is 4.00. The summed E-state index contributed by atoms with van der Waals surface area (Å²) in [4.78, 5) is 11.9. The second kappa shape index (κ2) is 9.32. The fourth-order valence-electron chi connectivity index (χ4n) is 3.42. The fourth-order valence-corrected chi connectivity index (χ4v) is 4.51. The predicted molar refractivity (Wildman–Crippen MR) is 120 cm³/mol. The Kier molecular flexibility index (Phi) is 6.13. The van der Waals surface area contributed by atoms with Gasteiger partial charge in [-0.3, -0.25) is 4.90 Å². The number of benzene rings is 2. The summed E-state index contributed by atoms with van der Waals surface area (Å²) in [7, 11) is 0. The Morgan fingerprint density at radius 1 is 0.968 bits per heavy atom. The van der Waals surface area contributed by atoms with Crippen molar-refractivity contribution in [1.82, 2.24) is 25.1 Å². The molecule has 0 bridgehead atoms. The first-order valence-electron chi connectivity index (χ1n) is 10.0. The summed E-state index contributed by atoms with van der Waals surface area (Å²) >= 11 is 7.81. The van der Waals surface area contributed by atoms with Crippen molar-refractivity contribution in [3.05, 3.63) is 65.3 Å². The third-order valence-corrected chi connectivity index (χ3v) is 6.29. The van der Waals surface area contributed by atoms with Gasteiger partial charge >= 0.3 is 0 Å². The molecule has 1 saturated heterocycles. The highest BCUT2D eigenvalue weighted by atomic mass is 35.5. The van der Waals surface area contributed by atoms with Crippen LogP contribution in [0.2, 0.25) is 5.02 Å². The number of thioether (sulfide) groups is 1. The molecule has 9 heteroatoms. The van der Waals surface area contributed by atoms with Gasteiger partial charge in [-0.05, 0) is 18.2 Å². The Bertz CT molecular complexity index is 1200. The van der Waals surface area contributed by atoms with Gasteiger partial charge in [-0.2, -0.15) is 0 Å². The minimum absolute atomic E-state index is 0.418. The van der Waals surface area contributed by atoms with Crippen molar-refractivity contribution in [2.75, 3.05) is 26.3 Å². The van der Waals surface area contributed by atoms with Crippen LogP contribution < -0.4 is 0 Å². The maximum absolute atomic E-state index is 6.24. The third kappa shape index (κ3) is 4.72. The Labute approximate surface area is 188 Å². The number of aromatic nitrogens is 4. The van der Waals surface area contributed by atoms with Crippen LogP contribution >= 0.6 is 23.4 Å². The van der Waals surface area contributed by atoms with Crippen molar-refractivity contribution < 1.29 is 9.15 Å². The highest BCUT2D eigenvalue weighted by Gasteiger charge is 2.16. The first-order chi connectivity index (χ1) is 15.3. The summed E-state index contributed by atoms with van der Waals surface area (Å²) in [6, 6.07) is 15.5. The van der Waals surface area contributed by atoms with E-state index in [1.165, 1.54) is 0 Å². The van der Waals surface area contributed by atoms with Crippen LogP contribution in [0.25, 0.3) is 22.4 Å². The minimum atomic E-state index is 0.418. The van der Waals surface area contributed by atoms with Gasteiger partial charge in [0.15, 0.2) is 0 Å². The topological polar surface area (TPSA) is 77.2 Å². The average molecular weight is 454 g/mol. The lowest BCUT2D eigenvalue weighted by Crippen LogP contribution is -2.36. The molecule has 3 heterocycles. The molecule has 0 unspecified atom stereocenters. The number of hydrogen-bond donors (Lipinski definition) is 0. The molecule has 4 aromatic rings. The molecule has 1 aliphatic heterocycles. The van der Waals surface area contributed by atoms with E-state index in [0.717, 1.165) is 53.6 Å². The molecule has 1 aliphatic rings. The lowest BCUT2D eigenvalue weighted by atomic mass is 10.2. The number of morpholine rings is 1. The molecule has 158 valence electrons. The van der Waals surface area contributed by atoms with Gasteiger partial charge in [0.25, 0.3) is 0 Å². The predicted octanol–water partition coefficient (Wildman–Crippen LogP) is 4.46. The van der Waals surface area contributed by atoms with Gasteiger partial charge in [0.1, 0.15) is 10.9 Å². The van der Waals surface area contributed by atoms with Crippen LogP contribution in [-0.4, -0.2) is 51.4 Å². The highest BCUT2D eigenvalue weighted by Crippen LogP contribution is 2.30. The summed E-state index contributed by atoms with van der Waals surface area (Å²) in [6.07, 6.45) is 0. The van der Waals surface area contributed by atoms with Gasteiger partial charge in [0, 0.05) is 18.5 Å². The van der Waals surface area contributed by atoms with E-state index in [-0.39, 0.29) is 0 Å². The zero-order valence-electron chi connectivity index (χ0n) is 16.7. The molecule has 0 saturated carbocycles. The number of hydrogen-bond acceptors (Lipinski definition) is 8. The quantitative estimate of drug-likeness (QED) is 0.313. The number of halogens is 1. The standard InChI is InChI=1S/C22H20ClN5O2S/c23-17-7-3-1-5-15(17)21-27-26-20(30-21)14-31-22-16-6-2-4-8-18(16)24-19(25-22)13-28-9-11-29-12-10-28/h1-8H,9-14H2. The molecule has 0 amide bonds. The van der Waals surface area contributed by atoms with Crippen molar-refractivity contribution in [3.63, 3.8) is 0 Å². The highest BCUT2D eigenvalue weighted by molar-refractivity contribution is 7.98. The van der Waals surface area contributed by atoms with Gasteiger partial charge < -0.3 is 9.15 Å². The van der Waals surface area contributed by atoms with Crippen LogP contribution in [0.4, 0.5) is 0 Å². The molecule has 0 radical (unpaired) electrons. The second-order valence-electron chi connectivity index (χ2n) is 7.12. The summed E-state index contributed by atoms with van der Waals surface area (Å²) in [5.41, 5.74) is 1.67. The molecule has 0 N–H and O–H groups in total. The number of rotatable bonds is 6. The second-order valence-corrected chi connectivity index (χ2v) is 8.49.